The quantitative estimate of drug-likeness (QED) is 0.100. The maximum Gasteiger partial charge on any atom is 0.486 e. The molecule has 0 aromatic heterocycles. The molecule has 0 bridgehead atoms. The van der Waals surface area contributed by atoms with Crippen molar-refractivity contribution in [1.29, 1.82) is 0 Å². The maximum absolute atomic E-state index is 7.49. The second kappa shape index (κ2) is 20.6. The fourth-order valence-corrected chi connectivity index (χ4v) is 9.75. The number of ether oxygens (including phenoxy) is 3. The van der Waals surface area contributed by atoms with Crippen LogP contribution in [0.15, 0.2) is 169 Å². The van der Waals surface area contributed by atoms with Crippen molar-refractivity contribution in [1.82, 2.24) is 0 Å². The molecular formula is C54H49IrNO6P-. The molecule has 1 aliphatic carbocycles. The van der Waals surface area contributed by atoms with Gasteiger partial charge in [-0.1, -0.05) is 116 Å². The first kappa shape index (κ1) is 43.9. The third-order valence-electron chi connectivity index (χ3n) is 11.5. The molecule has 0 amide bonds. The van der Waals surface area contributed by atoms with Crippen LogP contribution in [-0.2, 0) is 42.2 Å². The van der Waals surface area contributed by atoms with Gasteiger partial charge in [0.25, 0.3) is 0 Å². The Hall–Kier alpha value is -5.75. The summed E-state index contributed by atoms with van der Waals surface area (Å²) in [6.07, 6.45) is 16.0. The van der Waals surface area contributed by atoms with Crippen molar-refractivity contribution in [2.75, 3.05) is 20.8 Å². The summed E-state index contributed by atoms with van der Waals surface area (Å²) in [5.41, 5.74) is 4.05. The van der Waals surface area contributed by atoms with Crippen molar-refractivity contribution >= 4 is 36.0 Å². The van der Waals surface area contributed by atoms with Crippen LogP contribution >= 0.6 is 8.60 Å². The van der Waals surface area contributed by atoms with Gasteiger partial charge in [0, 0.05) is 49.6 Å². The van der Waals surface area contributed by atoms with Crippen LogP contribution in [0, 0.1) is 12.2 Å². The van der Waals surface area contributed by atoms with Crippen LogP contribution in [0.3, 0.4) is 0 Å². The Morgan fingerprint density at radius 2 is 1.10 bits per heavy atom. The summed E-state index contributed by atoms with van der Waals surface area (Å²) in [5.74, 6) is 3.59. The van der Waals surface area contributed by atoms with Crippen LogP contribution in [-0.4, -0.2) is 38.4 Å². The van der Waals surface area contributed by atoms with Crippen LogP contribution in [0.25, 0.3) is 32.7 Å². The third kappa shape index (κ3) is 10.1. The number of fused-ring (bicyclic) bond motifs is 7. The van der Waals surface area contributed by atoms with Crippen molar-refractivity contribution < 1.29 is 47.9 Å². The van der Waals surface area contributed by atoms with Crippen molar-refractivity contribution in [3.05, 3.63) is 193 Å². The Kier molecular flexibility index (Phi) is 14.4. The van der Waals surface area contributed by atoms with Gasteiger partial charge in [0.2, 0.25) is 5.90 Å². The van der Waals surface area contributed by atoms with Crippen LogP contribution in [0.1, 0.15) is 42.4 Å². The molecule has 7 aromatic carbocycles. The second-order valence-corrected chi connectivity index (χ2v) is 16.6. The minimum Gasteiger partial charge on any atom is -0.500 e. The summed E-state index contributed by atoms with van der Waals surface area (Å²) in [6.45, 7) is 0.328. The van der Waals surface area contributed by atoms with E-state index in [1.54, 1.807) is 14.2 Å². The molecule has 2 heterocycles. The molecule has 9 heteroatoms. The van der Waals surface area contributed by atoms with E-state index in [0.717, 1.165) is 98.0 Å². The van der Waals surface area contributed by atoms with E-state index in [-0.39, 0.29) is 20.1 Å². The number of benzene rings is 7. The monoisotopic (exact) mass is 1030 g/mol. The van der Waals surface area contributed by atoms with Crippen LogP contribution in [0.5, 0.6) is 23.0 Å². The zero-order valence-electron chi connectivity index (χ0n) is 35.3. The number of methoxy groups -OCH3 is 2. The first-order valence-electron chi connectivity index (χ1n) is 21.2. The zero-order chi connectivity index (χ0) is 42.1. The summed E-state index contributed by atoms with van der Waals surface area (Å²) < 4.78 is 38.9. The molecule has 1 atom stereocenters. The van der Waals surface area contributed by atoms with E-state index in [9.17, 15) is 0 Å². The number of allylic oxidation sites excluding steroid dienone is 4. The molecule has 2 aliphatic heterocycles. The Bertz CT molecular complexity index is 2560. The van der Waals surface area contributed by atoms with E-state index in [1.807, 2.05) is 66.7 Å². The van der Waals surface area contributed by atoms with Gasteiger partial charge in [-0.25, -0.2) is 4.99 Å². The summed E-state index contributed by atoms with van der Waals surface area (Å²) in [4.78, 5) is 5.28. The fourth-order valence-electron chi connectivity index (χ4n) is 8.31. The molecule has 3 aliphatic rings. The Labute approximate surface area is 384 Å². The summed E-state index contributed by atoms with van der Waals surface area (Å²) in [5, 5.41) is 4.41. The number of hydrogen-bond donors (Lipinski definition) is 0. The molecule has 63 heavy (non-hydrogen) atoms. The molecule has 0 saturated carbocycles. The summed E-state index contributed by atoms with van der Waals surface area (Å²) >= 11 is 0. The topological polar surface area (TPSA) is 67.7 Å². The van der Waals surface area contributed by atoms with E-state index in [1.165, 1.54) is 0 Å². The Morgan fingerprint density at radius 1 is 0.603 bits per heavy atom. The minimum absolute atomic E-state index is 0. The van der Waals surface area contributed by atoms with E-state index in [0.29, 0.717) is 25.3 Å². The predicted molar refractivity (Wildman–Crippen MR) is 250 cm³/mol. The van der Waals surface area contributed by atoms with Crippen molar-refractivity contribution in [3.63, 3.8) is 0 Å². The second-order valence-electron chi connectivity index (χ2n) is 15.5. The van der Waals surface area contributed by atoms with Crippen molar-refractivity contribution in [2.24, 2.45) is 4.99 Å². The fraction of sp³-hybridized carbons (Fsp3) is 0.204. The molecule has 7 nitrogen and oxygen atoms in total. The zero-order valence-corrected chi connectivity index (χ0v) is 38.7. The van der Waals surface area contributed by atoms with Gasteiger partial charge in [-0.2, -0.15) is 17.4 Å². The average Bonchev–Trinajstić information content (AvgIpc) is 3.75. The minimum atomic E-state index is -2.55. The molecule has 0 saturated heterocycles. The SMILES string of the molecule is COc1ccc(CC(Cc2ccc(OC)cc2)(O[PH+]2Oc3ccc4ccccc4c3-c3c(ccc4ccccc34)O2)[C@H]2COC(c3ccccc3)=N2)cc1.[C-]1=CCC[C-]=CCC1.[Ir]. The van der Waals surface area contributed by atoms with Gasteiger partial charge in [-0.3, -0.25) is 21.2 Å². The van der Waals surface area contributed by atoms with Crippen LogP contribution < -0.4 is 18.5 Å². The van der Waals surface area contributed by atoms with Gasteiger partial charge in [0.15, 0.2) is 17.1 Å². The van der Waals surface area contributed by atoms with Gasteiger partial charge in [-0.05, 0) is 81.2 Å². The molecular weight excluding hydrogens is 982 g/mol. The van der Waals surface area contributed by atoms with E-state index >= 15 is 0 Å². The first-order chi connectivity index (χ1) is 30.6. The molecule has 321 valence electrons. The molecule has 10 rings (SSSR count). The number of rotatable bonds is 10. The largest absolute Gasteiger partial charge is 0.500 e. The summed E-state index contributed by atoms with van der Waals surface area (Å²) in [6, 6.07) is 51.0. The average molecular weight is 1030 g/mol. The van der Waals surface area contributed by atoms with Gasteiger partial charge in [0.05, 0.1) is 14.2 Å². The Morgan fingerprint density at radius 3 is 1.60 bits per heavy atom. The van der Waals surface area contributed by atoms with Crippen molar-refractivity contribution in [3.8, 4) is 34.1 Å². The van der Waals surface area contributed by atoms with Crippen LogP contribution in [0.4, 0.5) is 0 Å². The van der Waals surface area contributed by atoms with Crippen molar-refractivity contribution in [2.45, 2.75) is 50.2 Å². The molecule has 0 spiro atoms. The summed E-state index contributed by atoms with van der Waals surface area (Å²) in [7, 11) is 0.796. The third-order valence-corrected chi connectivity index (χ3v) is 12.8. The van der Waals surface area contributed by atoms with E-state index < -0.39 is 20.2 Å². The van der Waals surface area contributed by atoms with E-state index in [2.05, 4.69) is 109 Å². The molecule has 0 N–H and O–H groups in total. The molecule has 1 radical (unpaired) electrons. The smallest absolute Gasteiger partial charge is 0.486 e. The van der Waals surface area contributed by atoms with Gasteiger partial charge < -0.3 is 26.4 Å². The number of nitrogens with zero attached hydrogens (tertiary/aromatic N) is 1. The van der Waals surface area contributed by atoms with Gasteiger partial charge in [-0.15, -0.1) is 0 Å². The number of aliphatic imine (C=N–C) groups is 1. The molecule has 0 unspecified atom stereocenters. The first-order valence-corrected chi connectivity index (χ1v) is 22.4. The normalized spacial score (nSPS) is 15.7. The molecule has 0 fully saturated rings. The van der Waals surface area contributed by atoms with Gasteiger partial charge >= 0.3 is 8.60 Å². The Balaban J connectivity index is 0.000000547. The van der Waals surface area contributed by atoms with Crippen LogP contribution in [0.2, 0.25) is 0 Å². The molecule has 7 aromatic rings. The predicted octanol–water partition coefficient (Wildman–Crippen LogP) is 12.8. The number of hydrogen-bond acceptors (Lipinski definition) is 7. The van der Waals surface area contributed by atoms with Gasteiger partial charge in [0.1, 0.15) is 24.1 Å². The maximum atomic E-state index is 7.49. The van der Waals surface area contributed by atoms with E-state index in [4.69, 9.17) is 32.8 Å². The standard InChI is InChI=1S/C46H39NO6P.C8H10.Ir/c1-48-36-22-16-31(17-23-36)28-46(29-32-18-24-37(49-2)25-19-32,42-30-50-45(47-42)35-12-4-3-5-13-35)53-54-51-40-26-20-33-10-6-8-14-38(33)43(40)44-39-15-9-7-11-34(39)21-27-41(44)52-54;1-2-4-6-8-7-5-3-1;/h3-27,42,54H,28-30H2,1-2H3;1,8H,2,4-5,7H2;/q+1;-2;/t42-;;/m1../s1.